The van der Waals surface area contributed by atoms with Gasteiger partial charge in [-0.2, -0.15) is 0 Å². The molecule has 0 radical (unpaired) electrons. The summed E-state index contributed by atoms with van der Waals surface area (Å²) in [6.07, 6.45) is 3.20. The van der Waals surface area contributed by atoms with E-state index in [1.54, 1.807) is 6.92 Å². The molecule has 3 N–H and O–H groups in total. The normalized spacial score (nSPS) is 25.2. The van der Waals surface area contributed by atoms with Gasteiger partial charge in [0.2, 0.25) is 5.91 Å². The molecule has 5 amide bonds. The molecule has 2 aliphatic rings. The number of hydrogen-bond donors (Lipinski definition) is 3. The van der Waals surface area contributed by atoms with Crippen LogP contribution in [-0.2, 0) is 23.9 Å². The van der Waals surface area contributed by atoms with Crippen LogP contribution in [0.25, 0.3) is 0 Å². The molecule has 3 atom stereocenters. The highest BCUT2D eigenvalue weighted by atomic mass is 16.5. The highest BCUT2D eigenvalue weighted by Gasteiger charge is 2.55. The van der Waals surface area contributed by atoms with Gasteiger partial charge in [-0.15, -0.1) is 0 Å². The van der Waals surface area contributed by atoms with Crippen molar-refractivity contribution in [2.24, 2.45) is 5.92 Å². The summed E-state index contributed by atoms with van der Waals surface area (Å²) in [4.78, 5) is 61.2. The maximum Gasteiger partial charge on any atom is 0.326 e. The third kappa shape index (κ3) is 4.60. The molecule has 10 nitrogen and oxygen atoms in total. The Balaban J connectivity index is 1.84. The van der Waals surface area contributed by atoms with E-state index in [0.29, 0.717) is 13.0 Å². The lowest BCUT2D eigenvalue weighted by Crippen LogP contribution is -2.54. The van der Waals surface area contributed by atoms with Gasteiger partial charge in [0.15, 0.2) is 6.61 Å². The molecule has 0 aromatic carbocycles. The Morgan fingerprint density at radius 3 is 2.68 bits per heavy atom. The molecule has 2 rings (SSSR count). The number of nitrogens with zero attached hydrogens (tertiary/aromatic N) is 1. The average molecular weight is 396 g/mol. The predicted molar refractivity (Wildman–Crippen MR) is 97.9 cm³/mol. The lowest BCUT2D eigenvalue weighted by Gasteiger charge is -2.36. The molecule has 1 saturated heterocycles. The maximum absolute atomic E-state index is 12.8. The third-order valence-corrected chi connectivity index (χ3v) is 5.27. The molecule has 1 saturated carbocycles. The van der Waals surface area contributed by atoms with Crippen molar-refractivity contribution in [3.63, 3.8) is 0 Å². The molecule has 0 aromatic heterocycles. The van der Waals surface area contributed by atoms with Crippen molar-refractivity contribution in [1.82, 2.24) is 20.9 Å². The summed E-state index contributed by atoms with van der Waals surface area (Å²) in [6, 6.07) is -1.39. The van der Waals surface area contributed by atoms with Crippen molar-refractivity contribution < 1.29 is 28.7 Å². The summed E-state index contributed by atoms with van der Waals surface area (Å²) in [6.45, 7) is 4.44. The average Bonchev–Trinajstić information content (AvgIpc) is 2.87. The summed E-state index contributed by atoms with van der Waals surface area (Å²) in [5, 5.41) is 7.70. The van der Waals surface area contributed by atoms with Crippen molar-refractivity contribution in [2.75, 3.05) is 19.7 Å². The van der Waals surface area contributed by atoms with Gasteiger partial charge >= 0.3 is 12.0 Å². The summed E-state index contributed by atoms with van der Waals surface area (Å²) in [7, 11) is 0. The Kier molecular flexibility index (Phi) is 6.98. The van der Waals surface area contributed by atoms with Crippen molar-refractivity contribution in [2.45, 2.75) is 58.0 Å². The third-order valence-electron chi connectivity index (χ3n) is 5.27. The summed E-state index contributed by atoms with van der Waals surface area (Å²) in [5.74, 6) is -2.31. The van der Waals surface area contributed by atoms with E-state index in [1.807, 2.05) is 6.92 Å². The Morgan fingerprint density at radius 1 is 1.32 bits per heavy atom. The molecule has 0 bridgehead atoms. The van der Waals surface area contributed by atoms with Crippen LogP contribution in [0.4, 0.5) is 4.79 Å². The van der Waals surface area contributed by atoms with Gasteiger partial charge in [-0.05, 0) is 32.6 Å². The van der Waals surface area contributed by atoms with Crippen molar-refractivity contribution in [3.8, 4) is 0 Å². The molecule has 2 fully saturated rings. The number of esters is 1. The fraction of sp³-hybridized carbons (Fsp3) is 0.722. The van der Waals surface area contributed by atoms with E-state index in [1.165, 1.54) is 6.92 Å². The van der Waals surface area contributed by atoms with Crippen LogP contribution in [0.3, 0.4) is 0 Å². The van der Waals surface area contributed by atoms with Crippen LogP contribution in [0.15, 0.2) is 0 Å². The highest BCUT2D eigenvalue weighted by molar-refractivity contribution is 6.09. The van der Waals surface area contributed by atoms with Gasteiger partial charge in [0.25, 0.3) is 11.8 Å². The van der Waals surface area contributed by atoms with Crippen LogP contribution in [0.2, 0.25) is 0 Å². The van der Waals surface area contributed by atoms with Crippen molar-refractivity contribution in [1.29, 1.82) is 0 Å². The van der Waals surface area contributed by atoms with Crippen LogP contribution >= 0.6 is 0 Å². The van der Waals surface area contributed by atoms with Gasteiger partial charge in [-0.25, -0.2) is 4.79 Å². The minimum atomic E-state index is -0.949. The van der Waals surface area contributed by atoms with Crippen LogP contribution in [0.1, 0.15) is 46.5 Å². The molecule has 10 heteroatoms. The summed E-state index contributed by atoms with van der Waals surface area (Å²) >= 11 is 0. The predicted octanol–water partition coefficient (Wildman–Crippen LogP) is -0.329. The number of urea groups is 1. The number of rotatable bonds is 7. The standard InChI is InChI=1S/C18H28N4O6/c1-4-19-15(25)12(3)20-13(23)10-28-14(24)9-22-16(26)18(21-17(22)27)8-6-5-7-11(18)2/h11-12H,4-10H2,1-3H3,(H,19,25)(H,20,23)(H,21,27)/t11-,12-,18-/m0/s1. The summed E-state index contributed by atoms with van der Waals surface area (Å²) < 4.78 is 4.85. The second-order valence-corrected chi connectivity index (χ2v) is 7.28. The van der Waals surface area contributed by atoms with Crippen molar-refractivity contribution >= 4 is 29.7 Å². The number of hydrogen-bond acceptors (Lipinski definition) is 6. The van der Waals surface area contributed by atoms with E-state index in [4.69, 9.17) is 4.74 Å². The number of carbonyl (C=O) groups excluding carboxylic acids is 5. The SMILES string of the molecule is CCNC(=O)[C@H](C)NC(=O)COC(=O)CN1C(=O)N[C@]2(CCCC[C@@H]2C)C1=O. The van der Waals surface area contributed by atoms with Crippen LogP contribution in [0, 0.1) is 5.92 Å². The smallest absolute Gasteiger partial charge is 0.326 e. The topological polar surface area (TPSA) is 134 Å². The molecular formula is C18H28N4O6. The Bertz CT molecular complexity index is 666. The zero-order valence-corrected chi connectivity index (χ0v) is 16.5. The molecular weight excluding hydrogens is 368 g/mol. The molecule has 0 unspecified atom stereocenters. The molecule has 1 heterocycles. The Morgan fingerprint density at radius 2 is 2.04 bits per heavy atom. The van der Waals surface area contributed by atoms with E-state index in [9.17, 15) is 24.0 Å². The monoisotopic (exact) mass is 396 g/mol. The lowest BCUT2D eigenvalue weighted by molar-refractivity contribution is -0.151. The molecule has 1 aliphatic heterocycles. The first kappa shape index (κ1) is 21.6. The molecule has 28 heavy (non-hydrogen) atoms. The number of ether oxygens (including phenoxy) is 1. The molecule has 1 spiro atoms. The first-order chi connectivity index (χ1) is 13.2. The number of nitrogens with one attached hydrogen (secondary N) is 3. The number of carbonyl (C=O) groups is 5. The van der Waals surface area contributed by atoms with Crippen LogP contribution in [-0.4, -0.2) is 65.9 Å². The minimum absolute atomic E-state index is 0.0137. The largest absolute Gasteiger partial charge is 0.454 e. The second-order valence-electron chi connectivity index (χ2n) is 7.28. The number of likely N-dealkylation sites (N-methyl/N-ethyl adjacent to an activating group) is 1. The lowest BCUT2D eigenvalue weighted by atomic mass is 9.73. The van der Waals surface area contributed by atoms with E-state index < -0.39 is 48.5 Å². The first-order valence-corrected chi connectivity index (χ1v) is 9.58. The second kappa shape index (κ2) is 9.03. The number of imide groups is 1. The number of amides is 5. The van der Waals surface area contributed by atoms with E-state index in [0.717, 1.165) is 24.2 Å². The van der Waals surface area contributed by atoms with Gasteiger partial charge in [0, 0.05) is 6.54 Å². The Hall–Kier alpha value is -2.65. The van der Waals surface area contributed by atoms with Crippen LogP contribution in [0.5, 0.6) is 0 Å². The van der Waals surface area contributed by atoms with Gasteiger partial charge in [0.1, 0.15) is 18.1 Å². The first-order valence-electron chi connectivity index (χ1n) is 9.58. The quantitative estimate of drug-likeness (QED) is 0.399. The zero-order valence-electron chi connectivity index (χ0n) is 16.5. The Labute approximate surface area is 163 Å². The molecule has 156 valence electrons. The van der Waals surface area contributed by atoms with Gasteiger partial charge in [-0.1, -0.05) is 19.8 Å². The van der Waals surface area contributed by atoms with Gasteiger partial charge < -0.3 is 20.7 Å². The van der Waals surface area contributed by atoms with Crippen molar-refractivity contribution in [3.05, 3.63) is 0 Å². The fourth-order valence-corrected chi connectivity index (χ4v) is 3.64. The zero-order chi connectivity index (χ0) is 20.9. The highest BCUT2D eigenvalue weighted by Crippen LogP contribution is 2.38. The summed E-state index contributed by atoms with van der Waals surface area (Å²) in [5.41, 5.74) is -0.949. The van der Waals surface area contributed by atoms with E-state index >= 15 is 0 Å². The maximum atomic E-state index is 12.8. The van der Waals surface area contributed by atoms with E-state index in [2.05, 4.69) is 16.0 Å². The molecule has 1 aliphatic carbocycles. The van der Waals surface area contributed by atoms with E-state index in [-0.39, 0.29) is 11.8 Å². The minimum Gasteiger partial charge on any atom is -0.454 e. The molecule has 0 aromatic rings. The van der Waals surface area contributed by atoms with Crippen LogP contribution < -0.4 is 16.0 Å². The van der Waals surface area contributed by atoms with Gasteiger partial charge in [-0.3, -0.25) is 24.1 Å². The fourth-order valence-electron chi connectivity index (χ4n) is 3.64. The van der Waals surface area contributed by atoms with Gasteiger partial charge in [0.05, 0.1) is 0 Å².